The highest BCUT2D eigenvalue weighted by Crippen LogP contribution is 2.32. The lowest BCUT2D eigenvalue weighted by Crippen LogP contribution is -2.37. The zero-order valence-corrected chi connectivity index (χ0v) is 14.6. The molecule has 1 fully saturated rings. The third kappa shape index (κ3) is 2.98. The van der Waals surface area contributed by atoms with Crippen LogP contribution in [0.25, 0.3) is 0 Å². The van der Waals surface area contributed by atoms with Crippen LogP contribution in [0.1, 0.15) is 35.4 Å². The maximum absolute atomic E-state index is 12.8. The Morgan fingerprint density at radius 1 is 1.09 bits per heavy atom. The van der Waals surface area contributed by atoms with Crippen molar-refractivity contribution in [3.8, 4) is 0 Å². The van der Waals surface area contributed by atoms with Crippen molar-refractivity contribution in [2.75, 3.05) is 13.1 Å². The second kappa shape index (κ2) is 6.14. The Hall–Kier alpha value is -1.17. The molecule has 118 valence electrons. The van der Waals surface area contributed by atoms with Crippen molar-refractivity contribution in [2.45, 2.75) is 37.5 Å². The van der Waals surface area contributed by atoms with Gasteiger partial charge in [0.2, 0.25) is 10.0 Å². The number of aryl methyl sites for hydroxylation is 2. The summed E-state index contributed by atoms with van der Waals surface area (Å²) in [4.78, 5) is 0.421. The molecule has 1 aliphatic rings. The smallest absolute Gasteiger partial charge is 0.207 e. The summed E-state index contributed by atoms with van der Waals surface area (Å²) >= 11 is 1.71. The molecule has 2 aromatic rings. The van der Waals surface area contributed by atoms with Crippen molar-refractivity contribution in [3.63, 3.8) is 0 Å². The van der Waals surface area contributed by atoms with E-state index >= 15 is 0 Å². The Morgan fingerprint density at radius 2 is 1.82 bits per heavy atom. The summed E-state index contributed by atoms with van der Waals surface area (Å²) in [5.41, 5.74) is 3.50. The van der Waals surface area contributed by atoms with Crippen molar-refractivity contribution in [1.29, 1.82) is 0 Å². The number of piperidine rings is 1. The minimum Gasteiger partial charge on any atom is -0.207 e. The highest BCUT2D eigenvalue weighted by molar-refractivity contribution is 7.89. The number of sulfonamides is 1. The Labute approximate surface area is 136 Å². The molecule has 0 spiro atoms. The second-order valence-corrected chi connectivity index (χ2v) is 8.70. The van der Waals surface area contributed by atoms with Gasteiger partial charge in [-0.1, -0.05) is 6.07 Å². The van der Waals surface area contributed by atoms with Crippen LogP contribution in [-0.2, 0) is 10.0 Å². The standard InChI is InChI=1S/C17H21NO2S2/c1-13-3-4-17(11-14(13)2)22(19,20)18-8-5-15(6-9-18)16-7-10-21-12-16/h3-4,7,10-12,15H,5-6,8-9H2,1-2H3. The molecule has 1 aromatic heterocycles. The van der Waals surface area contributed by atoms with E-state index in [1.165, 1.54) is 5.56 Å². The zero-order valence-electron chi connectivity index (χ0n) is 13.0. The Balaban J connectivity index is 1.75. The topological polar surface area (TPSA) is 37.4 Å². The number of nitrogens with zero attached hydrogens (tertiary/aromatic N) is 1. The van der Waals surface area contributed by atoms with Gasteiger partial charge in [-0.15, -0.1) is 0 Å². The molecule has 1 saturated heterocycles. The first-order valence-electron chi connectivity index (χ1n) is 7.58. The molecular weight excluding hydrogens is 314 g/mol. The highest BCUT2D eigenvalue weighted by atomic mass is 32.2. The van der Waals surface area contributed by atoms with Crippen LogP contribution in [0.2, 0.25) is 0 Å². The summed E-state index contributed by atoms with van der Waals surface area (Å²) in [6, 6.07) is 7.56. The van der Waals surface area contributed by atoms with Gasteiger partial charge in [-0.25, -0.2) is 8.42 Å². The fourth-order valence-corrected chi connectivity index (χ4v) is 5.26. The number of hydrogen-bond acceptors (Lipinski definition) is 3. The van der Waals surface area contributed by atoms with Gasteiger partial charge < -0.3 is 0 Å². The quantitative estimate of drug-likeness (QED) is 0.852. The molecule has 3 nitrogen and oxygen atoms in total. The lowest BCUT2D eigenvalue weighted by Gasteiger charge is -2.31. The van der Waals surface area contributed by atoms with Crippen LogP contribution in [0.4, 0.5) is 0 Å². The van der Waals surface area contributed by atoms with Crippen LogP contribution >= 0.6 is 11.3 Å². The minimum atomic E-state index is -3.36. The zero-order chi connectivity index (χ0) is 15.7. The maximum Gasteiger partial charge on any atom is 0.243 e. The van der Waals surface area contributed by atoms with E-state index in [-0.39, 0.29) is 0 Å². The Morgan fingerprint density at radius 3 is 2.41 bits per heavy atom. The van der Waals surface area contributed by atoms with E-state index in [0.29, 0.717) is 23.9 Å². The van der Waals surface area contributed by atoms with Gasteiger partial charge in [-0.3, -0.25) is 0 Å². The van der Waals surface area contributed by atoms with Crippen molar-refractivity contribution >= 4 is 21.4 Å². The van der Waals surface area contributed by atoms with E-state index in [9.17, 15) is 8.42 Å². The van der Waals surface area contributed by atoms with E-state index < -0.39 is 10.0 Å². The Kier molecular flexibility index (Phi) is 4.39. The van der Waals surface area contributed by atoms with E-state index in [1.807, 2.05) is 19.9 Å². The summed E-state index contributed by atoms with van der Waals surface area (Å²) in [7, 11) is -3.36. The number of hydrogen-bond donors (Lipinski definition) is 0. The fourth-order valence-electron chi connectivity index (χ4n) is 2.96. The molecule has 3 rings (SSSR count). The third-order valence-electron chi connectivity index (χ3n) is 4.58. The summed E-state index contributed by atoms with van der Waals surface area (Å²) in [6.07, 6.45) is 1.81. The summed E-state index contributed by atoms with van der Waals surface area (Å²) in [5, 5.41) is 4.27. The molecule has 0 radical (unpaired) electrons. The molecule has 0 unspecified atom stereocenters. The van der Waals surface area contributed by atoms with Crippen LogP contribution in [-0.4, -0.2) is 25.8 Å². The SMILES string of the molecule is Cc1ccc(S(=O)(=O)N2CCC(c3ccsc3)CC2)cc1C. The summed E-state index contributed by atoms with van der Waals surface area (Å²) < 4.78 is 27.2. The van der Waals surface area contributed by atoms with Gasteiger partial charge in [0.05, 0.1) is 4.90 Å². The highest BCUT2D eigenvalue weighted by Gasteiger charge is 2.30. The number of benzene rings is 1. The number of thiophene rings is 1. The average molecular weight is 335 g/mol. The largest absolute Gasteiger partial charge is 0.243 e. The molecule has 1 aliphatic heterocycles. The van der Waals surface area contributed by atoms with E-state index in [1.54, 1.807) is 27.8 Å². The lowest BCUT2D eigenvalue weighted by molar-refractivity contribution is 0.320. The summed E-state index contributed by atoms with van der Waals surface area (Å²) in [6.45, 7) is 5.17. The van der Waals surface area contributed by atoms with Gasteiger partial charge in [-0.2, -0.15) is 15.6 Å². The first-order chi connectivity index (χ1) is 10.5. The molecule has 22 heavy (non-hydrogen) atoms. The number of rotatable bonds is 3. The van der Waals surface area contributed by atoms with E-state index in [4.69, 9.17) is 0 Å². The van der Waals surface area contributed by atoms with Crippen LogP contribution < -0.4 is 0 Å². The van der Waals surface area contributed by atoms with Gasteiger partial charge >= 0.3 is 0 Å². The maximum atomic E-state index is 12.8. The van der Waals surface area contributed by atoms with Gasteiger partial charge in [0.25, 0.3) is 0 Å². The molecule has 1 aromatic carbocycles. The fraction of sp³-hybridized carbons (Fsp3) is 0.412. The van der Waals surface area contributed by atoms with E-state index in [0.717, 1.165) is 24.0 Å². The first kappa shape index (κ1) is 15.7. The molecule has 0 saturated carbocycles. The molecule has 0 N–H and O–H groups in total. The normalized spacial score (nSPS) is 17.7. The van der Waals surface area contributed by atoms with Crippen LogP contribution in [0, 0.1) is 13.8 Å². The molecule has 2 heterocycles. The van der Waals surface area contributed by atoms with Gasteiger partial charge in [0, 0.05) is 13.1 Å². The van der Waals surface area contributed by atoms with Gasteiger partial charge in [-0.05, 0) is 78.3 Å². The molecule has 0 bridgehead atoms. The molecular formula is C17H21NO2S2. The van der Waals surface area contributed by atoms with Crippen molar-refractivity contribution < 1.29 is 8.42 Å². The Bertz CT molecular complexity index is 743. The lowest BCUT2D eigenvalue weighted by atomic mass is 9.92. The van der Waals surface area contributed by atoms with Crippen molar-refractivity contribution in [1.82, 2.24) is 4.31 Å². The van der Waals surface area contributed by atoms with E-state index in [2.05, 4.69) is 16.8 Å². The van der Waals surface area contributed by atoms with Crippen LogP contribution in [0.3, 0.4) is 0 Å². The molecule has 0 atom stereocenters. The molecule has 5 heteroatoms. The molecule has 0 amide bonds. The van der Waals surface area contributed by atoms with Crippen LogP contribution in [0.5, 0.6) is 0 Å². The third-order valence-corrected chi connectivity index (χ3v) is 7.18. The monoisotopic (exact) mass is 335 g/mol. The molecule has 0 aliphatic carbocycles. The van der Waals surface area contributed by atoms with Gasteiger partial charge in [0.1, 0.15) is 0 Å². The average Bonchev–Trinajstić information content (AvgIpc) is 3.04. The van der Waals surface area contributed by atoms with Crippen LogP contribution in [0.15, 0.2) is 39.9 Å². The second-order valence-electron chi connectivity index (χ2n) is 5.98. The van der Waals surface area contributed by atoms with Crippen molar-refractivity contribution in [3.05, 3.63) is 51.7 Å². The predicted octanol–water partition coefficient (Wildman–Crippen LogP) is 3.93. The van der Waals surface area contributed by atoms with Crippen molar-refractivity contribution in [2.24, 2.45) is 0 Å². The summed E-state index contributed by atoms with van der Waals surface area (Å²) in [5.74, 6) is 0.498. The minimum absolute atomic E-state index is 0.421. The first-order valence-corrected chi connectivity index (χ1v) is 9.96. The van der Waals surface area contributed by atoms with Gasteiger partial charge in [0.15, 0.2) is 0 Å². The predicted molar refractivity (Wildman–Crippen MR) is 91.0 cm³/mol.